The maximum absolute atomic E-state index is 6.25. The molecule has 2 nitrogen and oxygen atoms in total. The van der Waals surface area contributed by atoms with Crippen LogP contribution in [0.15, 0.2) is 48.7 Å². The fourth-order valence-electron chi connectivity index (χ4n) is 1.07. The van der Waals surface area contributed by atoms with Crippen molar-refractivity contribution in [2.24, 2.45) is 0 Å². The summed E-state index contributed by atoms with van der Waals surface area (Å²) in [5, 5.41) is 6.25. The number of aromatic nitrogens is 1. The van der Waals surface area contributed by atoms with Crippen LogP contribution in [0.4, 0.5) is 0 Å². The Morgan fingerprint density at radius 2 is 1.75 bits per heavy atom. The molecule has 0 spiro atoms. The smallest absolute Gasteiger partial charge is 0.512 e. The summed E-state index contributed by atoms with van der Waals surface area (Å²) in [5.41, 5.74) is 2.01. The molecule has 0 bridgehead atoms. The number of pyridine rings is 1. The Hall–Kier alpha value is -1.49. The third kappa shape index (κ3) is 4.84. The van der Waals surface area contributed by atoms with Gasteiger partial charge in [0.2, 0.25) is 0 Å². The van der Waals surface area contributed by atoms with Crippen molar-refractivity contribution < 1.29 is 20.1 Å². The molecule has 2 rings (SSSR count). The summed E-state index contributed by atoms with van der Waals surface area (Å²) in [5.74, 6) is 0. The van der Waals surface area contributed by atoms with Gasteiger partial charge in [-0.1, -0.05) is 12.1 Å². The second-order valence-corrected chi connectivity index (χ2v) is 2.49. The van der Waals surface area contributed by atoms with Gasteiger partial charge in [-0.2, -0.15) is 0 Å². The molecule has 81 valence electrons. The van der Waals surface area contributed by atoms with Gasteiger partial charge in [0.05, 0.1) is 0 Å². The van der Waals surface area contributed by atoms with Crippen molar-refractivity contribution in [2.75, 3.05) is 0 Å². The number of nitrogens with zero attached hydrogens (tertiary/aromatic N) is 2. The maximum atomic E-state index is 6.25. The summed E-state index contributed by atoms with van der Waals surface area (Å²) in [6.07, 6.45) is 1.79. The molecule has 0 aliphatic heterocycles. The molecule has 0 aliphatic carbocycles. The molecular weight excluding hydrogens is 376 g/mol. The first-order valence-electron chi connectivity index (χ1n) is 4.07. The monoisotopic (exact) mass is 387 g/mol. The van der Waals surface area contributed by atoms with Gasteiger partial charge in [0.1, 0.15) is 0 Å². The van der Waals surface area contributed by atoms with Crippen LogP contribution in [-0.4, -0.2) is 4.98 Å². The molecule has 0 fully saturated rings. The Morgan fingerprint density at radius 1 is 1.06 bits per heavy atom. The van der Waals surface area contributed by atoms with Gasteiger partial charge in [0.15, 0.2) is 0 Å². The van der Waals surface area contributed by atoms with Crippen LogP contribution in [0, 0.1) is 25.3 Å². The first-order chi connectivity index (χ1) is 6.97. The van der Waals surface area contributed by atoms with Crippen LogP contribution in [0.1, 0.15) is 0 Å². The van der Waals surface area contributed by atoms with E-state index in [0.29, 0.717) is 0 Å². The molecule has 0 aliphatic rings. The van der Waals surface area contributed by atoms with Gasteiger partial charge in [0, 0.05) is 6.20 Å². The van der Waals surface area contributed by atoms with E-state index in [-0.39, 0.29) is 27.5 Å². The Balaban J connectivity index is 0. The second kappa shape index (κ2) is 10.0. The van der Waals surface area contributed by atoms with Crippen molar-refractivity contribution in [1.82, 2.24) is 4.98 Å². The van der Waals surface area contributed by atoms with Crippen molar-refractivity contribution in [1.29, 1.82) is 5.26 Å². The number of hydrogen-bond acceptors (Lipinski definition) is 2. The molecule has 1 aromatic carbocycles. The molecule has 0 unspecified atom stereocenters. The minimum absolute atomic E-state index is 0. The summed E-state index contributed by atoms with van der Waals surface area (Å²) in [6.45, 7) is 4.75. The van der Waals surface area contributed by atoms with Crippen molar-refractivity contribution in [3.8, 4) is 11.3 Å². The number of rotatable bonds is 1. The molecule has 1 aromatic heterocycles. The average molecular weight is 386 g/mol. The Bertz CT molecular complexity index is 347. The van der Waals surface area contributed by atoms with Gasteiger partial charge in [-0.15, -0.1) is 35.9 Å². The molecule has 0 amide bonds. The van der Waals surface area contributed by atoms with E-state index in [2.05, 4.69) is 11.1 Å². The largest absolute Gasteiger partial charge is 3.00 e. The van der Waals surface area contributed by atoms with Crippen molar-refractivity contribution in [3.63, 3.8) is 0 Å². The van der Waals surface area contributed by atoms with E-state index in [9.17, 15) is 0 Å². The van der Waals surface area contributed by atoms with Crippen LogP contribution in [0.25, 0.3) is 11.3 Å². The van der Waals surface area contributed by atoms with Crippen LogP contribution in [0.3, 0.4) is 0 Å². The predicted molar refractivity (Wildman–Crippen MR) is 58.8 cm³/mol. The molecule has 0 saturated heterocycles. The summed E-state index contributed by atoms with van der Waals surface area (Å²) in [7, 11) is 0. The van der Waals surface area contributed by atoms with E-state index in [1.54, 1.807) is 6.20 Å². The molecule has 16 heavy (non-hydrogen) atoms. The van der Waals surface area contributed by atoms with Gasteiger partial charge in [-0.05, 0) is 11.8 Å². The van der Waals surface area contributed by atoms with E-state index in [0.717, 1.165) is 11.3 Å². The summed E-state index contributed by atoms with van der Waals surface area (Å²) >= 11 is 0. The molecule has 0 saturated carbocycles. The average Bonchev–Trinajstić information content (AvgIpc) is 2.34. The molecule has 3 heteroatoms. The minimum atomic E-state index is 0. The molecule has 0 atom stereocenters. The number of benzene rings is 1. The molecule has 1 heterocycles. The van der Waals surface area contributed by atoms with E-state index >= 15 is 0 Å². The van der Waals surface area contributed by atoms with E-state index < -0.39 is 0 Å². The Kier molecular flexibility index (Phi) is 10.6. The first-order valence-corrected chi connectivity index (χ1v) is 4.07. The zero-order chi connectivity index (χ0) is 10.2. The van der Waals surface area contributed by atoms with Crippen LogP contribution in [0.5, 0.6) is 0 Å². The van der Waals surface area contributed by atoms with Crippen LogP contribution in [-0.2, 0) is 20.1 Å². The van der Waals surface area contributed by atoms with E-state index in [4.69, 9.17) is 11.8 Å². The predicted octanol–water partition coefficient (Wildman–Crippen LogP) is 2.97. The normalized spacial score (nSPS) is 7.38. The van der Waals surface area contributed by atoms with Crippen LogP contribution >= 0.6 is 0 Å². The van der Waals surface area contributed by atoms with Gasteiger partial charge in [0.25, 0.3) is 0 Å². The molecule has 1 radical (unpaired) electrons. The first kappa shape index (κ1) is 16.9. The molecular formula is C13H10IrN2. The van der Waals surface area contributed by atoms with Crippen molar-refractivity contribution >= 4 is 0 Å². The molecule has 0 N–H and O–H groups in total. The Morgan fingerprint density at radius 3 is 2.25 bits per heavy atom. The Labute approximate surface area is 110 Å². The topological polar surface area (TPSA) is 36.7 Å². The quantitative estimate of drug-likeness (QED) is 0.707. The van der Waals surface area contributed by atoms with E-state index in [1.807, 2.05) is 42.5 Å². The fourth-order valence-corrected chi connectivity index (χ4v) is 1.07. The zero-order valence-electron chi connectivity index (χ0n) is 8.55. The standard InChI is InChI=1S/C11H8N.CN.CH2.Ir/c1-2-6-10(7-3-1)11-8-4-5-9-12-11;1-2;;/h1-6,8-9H;;1H2;/q3*-1;+3. The van der Waals surface area contributed by atoms with Gasteiger partial charge in [-0.25, -0.2) is 0 Å². The van der Waals surface area contributed by atoms with Crippen LogP contribution < -0.4 is 0 Å². The number of hydrogen-bond donors (Lipinski definition) is 0. The molecule has 2 aromatic rings. The van der Waals surface area contributed by atoms with Gasteiger partial charge >= 0.3 is 20.1 Å². The van der Waals surface area contributed by atoms with Crippen LogP contribution in [0.2, 0.25) is 0 Å². The summed E-state index contributed by atoms with van der Waals surface area (Å²) in [4.78, 5) is 4.22. The summed E-state index contributed by atoms with van der Waals surface area (Å²) in [6, 6.07) is 16.8. The van der Waals surface area contributed by atoms with Crippen molar-refractivity contribution in [3.05, 3.63) is 68.7 Å². The minimum Gasteiger partial charge on any atom is -0.512 e. The fraction of sp³-hybridized carbons (Fsp3) is 0. The third-order valence-electron chi connectivity index (χ3n) is 1.65. The van der Waals surface area contributed by atoms with Crippen molar-refractivity contribution in [2.45, 2.75) is 0 Å². The van der Waals surface area contributed by atoms with Gasteiger partial charge in [-0.3, -0.25) is 0 Å². The SMILES string of the molecule is [C-]#N.[CH2-].[Ir+3].[c-]1ccccc1-c1ccccn1. The summed E-state index contributed by atoms with van der Waals surface area (Å²) < 4.78 is 0. The van der Waals surface area contributed by atoms with Gasteiger partial charge < -0.3 is 24.2 Å². The van der Waals surface area contributed by atoms with E-state index in [1.165, 1.54) is 0 Å². The second-order valence-electron chi connectivity index (χ2n) is 2.49. The third-order valence-corrected chi connectivity index (χ3v) is 1.65. The zero-order valence-corrected chi connectivity index (χ0v) is 10.9. The maximum Gasteiger partial charge on any atom is 3.00 e.